The number of thiophene rings is 1. The van der Waals surface area contributed by atoms with Crippen molar-refractivity contribution < 1.29 is 28.5 Å². The average molecular weight is 598 g/mol. The molecule has 0 fully saturated rings. The fourth-order valence-electron chi connectivity index (χ4n) is 4.41. The Morgan fingerprint density at radius 2 is 1.67 bits per heavy atom. The van der Waals surface area contributed by atoms with Crippen LogP contribution in [0.1, 0.15) is 35.6 Å². The molecule has 42 heavy (non-hydrogen) atoms. The zero-order valence-electron chi connectivity index (χ0n) is 25.3. The van der Waals surface area contributed by atoms with Gasteiger partial charge in [0.2, 0.25) is 5.91 Å². The second-order valence-corrected chi connectivity index (χ2v) is 11.0. The fourth-order valence-corrected chi connectivity index (χ4v) is 5.32. The van der Waals surface area contributed by atoms with E-state index >= 15 is 0 Å². The van der Waals surface area contributed by atoms with Gasteiger partial charge in [-0.2, -0.15) is 0 Å². The van der Waals surface area contributed by atoms with E-state index in [1.54, 1.807) is 36.5 Å². The first-order chi connectivity index (χ1) is 20.4. The molecule has 0 saturated carbocycles. The molecule has 3 aromatic rings. The van der Waals surface area contributed by atoms with Crippen LogP contribution in [0.2, 0.25) is 0 Å². The molecular formula is C32H43N3O6S. The van der Waals surface area contributed by atoms with Gasteiger partial charge in [0.05, 0.1) is 33.1 Å². The van der Waals surface area contributed by atoms with E-state index in [1.807, 2.05) is 61.2 Å². The van der Waals surface area contributed by atoms with E-state index in [-0.39, 0.29) is 18.5 Å². The minimum absolute atomic E-state index is 0.0644. The summed E-state index contributed by atoms with van der Waals surface area (Å²) in [5, 5.41) is 2.94. The minimum Gasteiger partial charge on any atom is -0.493 e. The van der Waals surface area contributed by atoms with Gasteiger partial charge in [0, 0.05) is 36.1 Å². The van der Waals surface area contributed by atoms with Crippen LogP contribution in [0.4, 0.5) is 10.5 Å². The first-order valence-corrected chi connectivity index (χ1v) is 15.1. The summed E-state index contributed by atoms with van der Waals surface area (Å²) in [5.41, 5.74) is 1.58. The normalized spacial score (nSPS) is 10.7. The summed E-state index contributed by atoms with van der Waals surface area (Å²) < 4.78 is 22.0. The molecule has 0 spiro atoms. The highest BCUT2D eigenvalue weighted by Gasteiger charge is 2.23. The third kappa shape index (κ3) is 9.95. The summed E-state index contributed by atoms with van der Waals surface area (Å²) >= 11 is 1.66. The minimum atomic E-state index is -0.362. The van der Waals surface area contributed by atoms with E-state index in [0.29, 0.717) is 75.2 Å². The quantitative estimate of drug-likeness (QED) is 0.192. The maximum Gasteiger partial charge on any atom is 0.322 e. The van der Waals surface area contributed by atoms with Crippen molar-refractivity contribution in [3.8, 4) is 17.2 Å². The molecule has 0 radical (unpaired) electrons. The summed E-state index contributed by atoms with van der Waals surface area (Å²) in [7, 11) is 3.21. The Hall–Kier alpha value is -3.76. The fraction of sp³-hybridized carbons (Fsp3) is 0.438. The highest BCUT2D eigenvalue weighted by molar-refractivity contribution is 7.11. The molecule has 0 bridgehead atoms. The van der Waals surface area contributed by atoms with E-state index in [4.69, 9.17) is 18.9 Å². The van der Waals surface area contributed by atoms with Crippen LogP contribution in [-0.2, 0) is 22.5 Å². The number of ether oxygens (including phenoxy) is 4. The molecule has 9 nitrogen and oxygen atoms in total. The van der Waals surface area contributed by atoms with Gasteiger partial charge < -0.3 is 34.1 Å². The molecule has 0 saturated heterocycles. The van der Waals surface area contributed by atoms with Crippen molar-refractivity contribution in [3.05, 3.63) is 69.9 Å². The van der Waals surface area contributed by atoms with Crippen molar-refractivity contribution in [2.75, 3.05) is 59.0 Å². The number of aryl methyl sites for hydroxylation is 1. The highest BCUT2D eigenvalue weighted by Crippen LogP contribution is 2.28. The molecule has 0 aliphatic heterocycles. The van der Waals surface area contributed by atoms with Crippen LogP contribution >= 0.6 is 11.3 Å². The van der Waals surface area contributed by atoms with Gasteiger partial charge in [0.25, 0.3) is 0 Å². The zero-order chi connectivity index (χ0) is 30.3. The largest absolute Gasteiger partial charge is 0.493 e. The van der Waals surface area contributed by atoms with Crippen LogP contribution in [0.5, 0.6) is 17.2 Å². The van der Waals surface area contributed by atoms with Crippen LogP contribution in [-0.4, -0.2) is 75.4 Å². The van der Waals surface area contributed by atoms with E-state index in [1.165, 1.54) is 4.88 Å². The number of hydrogen-bond acceptors (Lipinski definition) is 7. The van der Waals surface area contributed by atoms with Gasteiger partial charge in [-0.25, -0.2) is 4.79 Å². The lowest BCUT2D eigenvalue weighted by atomic mass is 10.1. The maximum absolute atomic E-state index is 13.8. The molecule has 1 N–H and O–H groups in total. The number of methoxy groups -OCH3 is 2. The Morgan fingerprint density at radius 3 is 2.36 bits per heavy atom. The molecule has 3 amide bonds. The Labute approximate surface area is 253 Å². The number of carbonyl (C=O) groups excluding carboxylic acids is 2. The van der Waals surface area contributed by atoms with E-state index in [2.05, 4.69) is 18.3 Å². The Bertz CT molecular complexity index is 1280. The van der Waals surface area contributed by atoms with Gasteiger partial charge in [0.15, 0.2) is 11.5 Å². The molecule has 3 rings (SSSR count). The number of anilines is 1. The molecule has 2 aromatic carbocycles. The predicted molar refractivity (Wildman–Crippen MR) is 167 cm³/mol. The van der Waals surface area contributed by atoms with Crippen molar-refractivity contribution in [3.63, 3.8) is 0 Å². The van der Waals surface area contributed by atoms with Crippen LogP contribution in [0, 0.1) is 6.92 Å². The molecule has 0 aliphatic carbocycles. The number of amides is 3. The van der Waals surface area contributed by atoms with Gasteiger partial charge in [-0.3, -0.25) is 4.79 Å². The summed E-state index contributed by atoms with van der Waals surface area (Å²) in [4.78, 5) is 33.0. The van der Waals surface area contributed by atoms with Crippen LogP contribution < -0.4 is 19.5 Å². The van der Waals surface area contributed by atoms with E-state index in [0.717, 1.165) is 10.4 Å². The number of benzene rings is 2. The van der Waals surface area contributed by atoms with Gasteiger partial charge in [-0.15, -0.1) is 11.3 Å². The number of hydrogen-bond donors (Lipinski definition) is 1. The van der Waals surface area contributed by atoms with Crippen molar-refractivity contribution in [1.82, 2.24) is 9.80 Å². The molecule has 0 atom stereocenters. The monoisotopic (exact) mass is 597 g/mol. The lowest BCUT2D eigenvalue weighted by Gasteiger charge is -2.28. The number of para-hydroxylation sites is 2. The smallest absolute Gasteiger partial charge is 0.322 e. The first-order valence-electron chi connectivity index (χ1n) is 14.3. The van der Waals surface area contributed by atoms with E-state index in [9.17, 15) is 9.59 Å². The predicted octanol–water partition coefficient (Wildman–Crippen LogP) is 6.00. The number of carbonyl (C=O) groups is 2. The summed E-state index contributed by atoms with van der Waals surface area (Å²) in [6.45, 7) is 8.69. The Balaban J connectivity index is 1.78. The average Bonchev–Trinajstić information content (AvgIpc) is 3.41. The summed E-state index contributed by atoms with van der Waals surface area (Å²) in [6.07, 6.45) is 1.23. The SMILES string of the molecule is CCOCCCN(CC(=O)N(CCc1ccc(OC)c(OC)c1)Cc1ccc(C)s1)C(=O)Nc1ccccc1OCC. The topological polar surface area (TPSA) is 89.6 Å². The van der Waals surface area contributed by atoms with Gasteiger partial charge in [0.1, 0.15) is 12.3 Å². The molecule has 1 aromatic heterocycles. The lowest BCUT2D eigenvalue weighted by Crippen LogP contribution is -2.45. The molecule has 10 heteroatoms. The number of urea groups is 1. The lowest BCUT2D eigenvalue weighted by molar-refractivity contribution is -0.132. The molecule has 0 aliphatic rings. The van der Waals surface area contributed by atoms with Crippen molar-refractivity contribution in [1.29, 1.82) is 0 Å². The third-order valence-electron chi connectivity index (χ3n) is 6.58. The molecule has 0 unspecified atom stereocenters. The molecule has 228 valence electrons. The second-order valence-electron chi connectivity index (χ2n) is 9.60. The Morgan fingerprint density at radius 1 is 0.881 bits per heavy atom. The number of nitrogens with zero attached hydrogens (tertiary/aromatic N) is 2. The van der Waals surface area contributed by atoms with E-state index < -0.39 is 0 Å². The summed E-state index contributed by atoms with van der Waals surface area (Å²) in [5.74, 6) is 1.75. The summed E-state index contributed by atoms with van der Waals surface area (Å²) in [6, 6.07) is 16.8. The van der Waals surface area contributed by atoms with Crippen LogP contribution in [0.3, 0.4) is 0 Å². The van der Waals surface area contributed by atoms with Gasteiger partial charge in [-0.1, -0.05) is 18.2 Å². The highest BCUT2D eigenvalue weighted by atomic mass is 32.1. The Kier molecular flexibility index (Phi) is 13.5. The molecule has 1 heterocycles. The van der Waals surface area contributed by atoms with Crippen molar-refractivity contribution in [2.24, 2.45) is 0 Å². The molecular weight excluding hydrogens is 554 g/mol. The zero-order valence-corrected chi connectivity index (χ0v) is 26.1. The number of rotatable bonds is 17. The van der Waals surface area contributed by atoms with Crippen molar-refractivity contribution in [2.45, 2.75) is 40.2 Å². The first kappa shape index (κ1) is 32.8. The third-order valence-corrected chi connectivity index (χ3v) is 7.56. The van der Waals surface area contributed by atoms with Gasteiger partial charge >= 0.3 is 6.03 Å². The van der Waals surface area contributed by atoms with Gasteiger partial charge in [-0.05, 0) is 75.6 Å². The van der Waals surface area contributed by atoms with Crippen molar-refractivity contribution >= 4 is 29.0 Å². The van der Waals surface area contributed by atoms with Crippen LogP contribution in [0.15, 0.2) is 54.6 Å². The second kappa shape index (κ2) is 17.3. The number of nitrogens with one attached hydrogen (secondary N) is 1. The standard InChI is InChI=1S/C32H43N3O6S/c1-6-40-20-10-18-35(32(37)33-27-11-8-9-12-28(27)41-7-2)23-31(36)34(22-26-15-13-24(3)42-26)19-17-25-14-16-29(38-4)30(21-25)39-5/h8-9,11-16,21H,6-7,10,17-20,22-23H2,1-5H3,(H,33,37). The van der Waals surface area contributed by atoms with Crippen LogP contribution in [0.25, 0.3) is 0 Å². The maximum atomic E-state index is 13.8.